The van der Waals surface area contributed by atoms with Gasteiger partial charge in [0.25, 0.3) is 5.91 Å². The first-order chi connectivity index (χ1) is 7.58. The Morgan fingerprint density at radius 1 is 1.44 bits per heavy atom. The summed E-state index contributed by atoms with van der Waals surface area (Å²) < 4.78 is 4.87. The highest BCUT2D eigenvalue weighted by Crippen LogP contribution is 2.20. The summed E-state index contributed by atoms with van der Waals surface area (Å²) in [7, 11) is 0. The quantitative estimate of drug-likeness (QED) is 0.767. The van der Waals surface area contributed by atoms with E-state index in [1.165, 1.54) is 0 Å². The molecule has 1 aliphatic rings. The summed E-state index contributed by atoms with van der Waals surface area (Å²) >= 11 is 0. The van der Waals surface area contributed by atoms with Crippen molar-refractivity contribution >= 4 is 11.9 Å². The molecule has 2 rings (SSSR count). The molecule has 0 saturated carbocycles. The van der Waals surface area contributed by atoms with Crippen molar-refractivity contribution in [2.45, 2.75) is 26.5 Å². The zero-order valence-electron chi connectivity index (χ0n) is 9.24. The second kappa shape index (κ2) is 3.96. The topological polar surface area (TPSA) is 55.4 Å². The van der Waals surface area contributed by atoms with E-state index in [2.05, 4.69) is 5.32 Å². The SMILES string of the molecule is CC(C)NC(=O)c1ccc2c(c1)COC2=O. The van der Waals surface area contributed by atoms with Gasteiger partial charge in [0.05, 0.1) is 5.56 Å². The van der Waals surface area contributed by atoms with E-state index in [4.69, 9.17) is 4.74 Å². The Hall–Kier alpha value is -1.84. The number of amides is 1. The van der Waals surface area contributed by atoms with E-state index < -0.39 is 0 Å². The second-order valence-electron chi connectivity index (χ2n) is 4.08. The van der Waals surface area contributed by atoms with Crippen LogP contribution in [0.2, 0.25) is 0 Å². The molecule has 16 heavy (non-hydrogen) atoms. The first-order valence-corrected chi connectivity index (χ1v) is 5.19. The molecule has 84 valence electrons. The number of carbonyl (C=O) groups excluding carboxylic acids is 2. The summed E-state index contributed by atoms with van der Waals surface area (Å²) in [5, 5.41) is 2.80. The molecule has 1 aromatic rings. The van der Waals surface area contributed by atoms with E-state index in [9.17, 15) is 9.59 Å². The first kappa shape index (κ1) is 10.7. The molecule has 0 aromatic heterocycles. The maximum Gasteiger partial charge on any atom is 0.338 e. The molecule has 0 fully saturated rings. The van der Waals surface area contributed by atoms with Gasteiger partial charge in [0.15, 0.2) is 0 Å². The van der Waals surface area contributed by atoms with Crippen molar-refractivity contribution in [3.63, 3.8) is 0 Å². The van der Waals surface area contributed by atoms with Gasteiger partial charge in [0.2, 0.25) is 0 Å². The van der Waals surface area contributed by atoms with Gasteiger partial charge >= 0.3 is 5.97 Å². The number of hydrogen-bond acceptors (Lipinski definition) is 3. The molecular weight excluding hydrogens is 206 g/mol. The fourth-order valence-electron chi connectivity index (χ4n) is 1.62. The maximum absolute atomic E-state index is 11.7. The predicted molar refractivity (Wildman–Crippen MR) is 58.2 cm³/mol. The monoisotopic (exact) mass is 219 g/mol. The molecule has 0 spiro atoms. The number of benzene rings is 1. The molecule has 1 amide bonds. The Balaban J connectivity index is 2.25. The summed E-state index contributed by atoms with van der Waals surface area (Å²) in [4.78, 5) is 22.9. The molecular formula is C12H13NO3. The molecule has 0 atom stereocenters. The molecule has 0 bridgehead atoms. The largest absolute Gasteiger partial charge is 0.457 e. The van der Waals surface area contributed by atoms with E-state index in [1.807, 2.05) is 13.8 Å². The van der Waals surface area contributed by atoms with Crippen LogP contribution in [0.3, 0.4) is 0 Å². The summed E-state index contributed by atoms with van der Waals surface area (Å²) in [6.07, 6.45) is 0. The standard InChI is InChI=1S/C12H13NO3/c1-7(2)13-11(14)8-3-4-10-9(5-8)6-16-12(10)15/h3-5,7H,6H2,1-2H3,(H,13,14). The van der Waals surface area contributed by atoms with Crippen LogP contribution in [0.5, 0.6) is 0 Å². The summed E-state index contributed by atoms with van der Waals surface area (Å²) in [5.74, 6) is -0.442. The molecule has 4 heteroatoms. The molecule has 0 radical (unpaired) electrons. The lowest BCUT2D eigenvalue weighted by atomic mass is 10.1. The van der Waals surface area contributed by atoms with Gasteiger partial charge in [0.1, 0.15) is 6.61 Å². The third kappa shape index (κ3) is 1.91. The van der Waals surface area contributed by atoms with E-state index in [-0.39, 0.29) is 24.5 Å². The van der Waals surface area contributed by atoms with Crippen LogP contribution in [0.1, 0.15) is 40.1 Å². The van der Waals surface area contributed by atoms with Crippen LogP contribution in [0.25, 0.3) is 0 Å². The van der Waals surface area contributed by atoms with Crippen molar-refractivity contribution < 1.29 is 14.3 Å². The Morgan fingerprint density at radius 2 is 2.19 bits per heavy atom. The van der Waals surface area contributed by atoms with E-state index in [0.29, 0.717) is 11.1 Å². The molecule has 0 aliphatic carbocycles. The lowest BCUT2D eigenvalue weighted by Gasteiger charge is -2.08. The number of fused-ring (bicyclic) bond motifs is 1. The smallest absolute Gasteiger partial charge is 0.338 e. The van der Waals surface area contributed by atoms with Crippen molar-refractivity contribution in [2.75, 3.05) is 0 Å². The summed E-state index contributed by atoms with van der Waals surface area (Å²) in [6, 6.07) is 5.08. The average Bonchev–Trinajstić information content (AvgIpc) is 2.59. The minimum atomic E-state index is -0.314. The van der Waals surface area contributed by atoms with Crippen LogP contribution < -0.4 is 5.32 Å². The summed E-state index contributed by atoms with van der Waals surface area (Å²) in [6.45, 7) is 4.06. The third-order valence-electron chi connectivity index (χ3n) is 2.37. The van der Waals surface area contributed by atoms with Crippen molar-refractivity contribution in [3.8, 4) is 0 Å². The maximum atomic E-state index is 11.7. The lowest BCUT2D eigenvalue weighted by molar-refractivity contribution is 0.0535. The Bertz CT molecular complexity index is 452. The van der Waals surface area contributed by atoms with Crippen LogP contribution in [0.4, 0.5) is 0 Å². The molecule has 1 aromatic carbocycles. The highest BCUT2D eigenvalue weighted by molar-refractivity contribution is 5.98. The van der Waals surface area contributed by atoms with Crippen molar-refractivity contribution in [2.24, 2.45) is 0 Å². The molecule has 1 N–H and O–H groups in total. The highest BCUT2D eigenvalue weighted by Gasteiger charge is 2.22. The zero-order valence-corrected chi connectivity index (χ0v) is 9.24. The highest BCUT2D eigenvalue weighted by atomic mass is 16.5. The molecule has 4 nitrogen and oxygen atoms in total. The van der Waals surface area contributed by atoms with Gasteiger partial charge in [0, 0.05) is 17.2 Å². The number of hydrogen-bond donors (Lipinski definition) is 1. The molecule has 0 saturated heterocycles. The van der Waals surface area contributed by atoms with E-state index in [0.717, 1.165) is 5.56 Å². The van der Waals surface area contributed by atoms with E-state index in [1.54, 1.807) is 18.2 Å². The van der Waals surface area contributed by atoms with Crippen LogP contribution >= 0.6 is 0 Å². The van der Waals surface area contributed by atoms with Gasteiger partial charge in [-0.15, -0.1) is 0 Å². The minimum Gasteiger partial charge on any atom is -0.457 e. The molecule has 0 unspecified atom stereocenters. The summed E-state index contributed by atoms with van der Waals surface area (Å²) in [5.41, 5.74) is 1.90. The van der Waals surface area contributed by atoms with Crippen molar-refractivity contribution in [3.05, 3.63) is 34.9 Å². The Labute approximate surface area is 93.6 Å². The molecule has 1 aliphatic heterocycles. The van der Waals surface area contributed by atoms with Crippen molar-refractivity contribution in [1.82, 2.24) is 5.32 Å². The lowest BCUT2D eigenvalue weighted by Crippen LogP contribution is -2.30. The number of nitrogens with one attached hydrogen (secondary N) is 1. The van der Waals surface area contributed by atoms with Gasteiger partial charge in [-0.1, -0.05) is 0 Å². The number of cyclic esters (lactones) is 1. The molecule has 1 heterocycles. The van der Waals surface area contributed by atoms with E-state index >= 15 is 0 Å². The van der Waals surface area contributed by atoms with Gasteiger partial charge in [-0.3, -0.25) is 4.79 Å². The van der Waals surface area contributed by atoms with Gasteiger partial charge in [-0.25, -0.2) is 4.79 Å². The van der Waals surface area contributed by atoms with Crippen molar-refractivity contribution in [1.29, 1.82) is 0 Å². The third-order valence-corrected chi connectivity index (χ3v) is 2.37. The number of rotatable bonds is 2. The van der Waals surface area contributed by atoms with Gasteiger partial charge in [-0.2, -0.15) is 0 Å². The average molecular weight is 219 g/mol. The number of esters is 1. The Kier molecular flexibility index (Phi) is 2.64. The first-order valence-electron chi connectivity index (χ1n) is 5.19. The Morgan fingerprint density at radius 3 is 2.88 bits per heavy atom. The van der Waals surface area contributed by atoms with Crippen LogP contribution in [-0.2, 0) is 11.3 Å². The second-order valence-corrected chi connectivity index (χ2v) is 4.08. The van der Waals surface area contributed by atoms with Gasteiger partial charge < -0.3 is 10.1 Å². The van der Waals surface area contributed by atoms with Crippen LogP contribution in [0, 0.1) is 0 Å². The number of carbonyl (C=O) groups is 2. The fourth-order valence-corrected chi connectivity index (χ4v) is 1.62. The van der Waals surface area contributed by atoms with Gasteiger partial charge in [-0.05, 0) is 32.0 Å². The number of ether oxygens (including phenoxy) is 1. The normalized spacial score (nSPS) is 13.6. The fraction of sp³-hybridized carbons (Fsp3) is 0.333. The van der Waals surface area contributed by atoms with Crippen LogP contribution in [0.15, 0.2) is 18.2 Å². The predicted octanol–water partition coefficient (Wildman–Crippen LogP) is 1.50. The minimum absolute atomic E-state index is 0.0960. The van der Waals surface area contributed by atoms with Crippen LogP contribution in [-0.4, -0.2) is 17.9 Å². The zero-order chi connectivity index (χ0) is 11.7.